The molecular formula is C4H9F3N2O. The van der Waals surface area contributed by atoms with E-state index in [4.69, 9.17) is 10.6 Å². The Balaban J connectivity index is 0. The maximum Gasteiger partial charge on any atom is 0.446 e. The summed E-state index contributed by atoms with van der Waals surface area (Å²) in [7, 11) is 3.56. The van der Waals surface area contributed by atoms with Gasteiger partial charge in [0.2, 0.25) is 6.29 Å². The van der Waals surface area contributed by atoms with Gasteiger partial charge in [0.1, 0.15) is 0 Å². The van der Waals surface area contributed by atoms with Crippen LogP contribution in [-0.2, 0) is 4.79 Å². The third-order valence-corrected chi connectivity index (χ3v) is 0.134. The highest BCUT2D eigenvalue weighted by Gasteiger charge is 2.24. The SMILES string of the molecule is CN(C)N.O=CC(F)(F)F. The van der Waals surface area contributed by atoms with Gasteiger partial charge in [-0.3, -0.25) is 15.6 Å². The topological polar surface area (TPSA) is 46.3 Å². The second-order valence-corrected chi connectivity index (χ2v) is 1.62. The molecule has 0 atom stereocenters. The third-order valence-electron chi connectivity index (χ3n) is 0.134. The molecule has 3 nitrogen and oxygen atoms in total. The van der Waals surface area contributed by atoms with Crippen LogP contribution in [-0.4, -0.2) is 31.6 Å². The van der Waals surface area contributed by atoms with Gasteiger partial charge in [-0.05, 0) is 0 Å². The molecule has 0 unspecified atom stereocenters. The first kappa shape index (κ1) is 12.1. The number of nitrogens with two attached hydrogens (primary N) is 1. The van der Waals surface area contributed by atoms with Crippen LogP contribution in [0.15, 0.2) is 0 Å². The van der Waals surface area contributed by atoms with Crippen LogP contribution in [0.1, 0.15) is 0 Å². The lowest BCUT2D eigenvalue weighted by atomic mass is 10.8. The minimum atomic E-state index is -4.64. The summed E-state index contributed by atoms with van der Waals surface area (Å²) in [5.41, 5.74) is 0. The molecule has 0 aromatic carbocycles. The lowest BCUT2D eigenvalue weighted by molar-refractivity contribution is -0.156. The van der Waals surface area contributed by atoms with Crippen LogP contribution in [0.25, 0.3) is 0 Å². The fourth-order valence-corrected chi connectivity index (χ4v) is 0. The highest BCUT2D eigenvalue weighted by Crippen LogP contribution is 2.08. The smallest absolute Gasteiger partial charge is 0.293 e. The van der Waals surface area contributed by atoms with Gasteiger partial charge in [0.05, 0.1) is 0 Å². The standard InChI is InChI=1S/C2HF3O.C2H8N2/c3-2(4,5)1-6;1-4(2)3/h1H;3H2,1-2H3. The lowest BCUT2D eigenvalue weighted by Crippen LogP contribution is -2.18. The molecule has 0 bridgehead atoms. The zero-order chi connectivity index (χ0) is 8.78. The fourth-order valence-electron chi connectivity index (χ4n) is 0. The molecule has 0 heterocycles. The summed E-state index contributed by atoms with van der Waals surface area (Å²) in [4.78, 5) is 8.70. The van der Waals surface area contributed by atoms with Crippen molar-refractivity contribution in [3.8, 4) is 0 Å². The van der Waals surface area contributed by atoms with Crippen LogP contribution in [0, 0.1) is 0 Å². The van der Waals surface area contributed by atoms with Crippen molar-refractivity contribution in [1.82, 2.24) is 5.01 Å². The number of alkyl halides is 3. The van der Waals surface area contributed by atoms with Gasteiger partial charge in [0.25, 0.3) is 0 Å². The van der Waals surface area contributed by atoms with E-state index < -0.39 is 12.5 Å². The number of nitrogens with zero attached hydrogens (tertiary/aromatic N) is 1. The van der Waals surface area contributed by atoms with Gasteiger partial charge in [-0.15, -0.1) is 0 Å². The van der Waals surface area contributed by atoms with Crippen molar-refractivity contribution in [1.29, 1.82) is 0 Å². The summed E-state index contributed by atoms with van der Waals surface area (Å²) in [6.45, 7) is 0. The van der Waals surface area contributed by atoms with Crippen LogP contribution >= 0.6 is 0 Å². The van der Waals surface area contributed by atoms with Crippen LogP contribution in [0.5, 0.6) is 0 Å². The Morgan fingerprint density at radius 2 is 1.50 bits per heavy atom. The van der Waals surface area contributed by atoms with Gasteiger partial charge in [-0.1, -0.05) is 0 Å². The number of hydrogen-bond donors (Lipinski definition) is 1. The molecular weight excluding hydrogens is 149 g/mol. The van der Waals surface area contributed by atoms with Gasteiger partial charge in [0.15, 0.2) is 0 Å². The van der Waals surface area contributed by atoms with E-state index in [1.54, 1.807) is 14.1 Å². The molecule has 0 aliphatic carbocycles. The zero-order valence-corrected chi connectivity index (χ0v) is 5.64. The van der Waals surface area contributed by atoms with E-state index in [9.17, 15) is 13.2 Å². The molecule has 62 valence electrons. The first-order valence-corrected chi connectivity index (χ1v) is 2.24. The summed E-state index contributed by atoms with van der Waals surface area (Å²) >= 11 is 0. The van der Waals surface area contributed by atoms with Crippen molar-refractivity contribution in [2.45, 2.75) is 6.18 Å². The molecule has 0 fully saturated rings. The van der Waals surface area contributed by atoms with E-state index in [1.807, 2.05) is 0 Å². The van der Waals surface area contributed by atoms with Crippen LogP contribution < -0.4 is 5.84 Å². The molecule has 0 amide bonds. The van der Waals surface area contributed by atoms with Crippen molar-refractivity contribution in [2.75, 3.05) is 14.1 Å². The Morgan fingerprint density at radius 1 is 1.40 bits per heavy atom. The molecule has 6 heteroatoms. The maximum absolute atomic E-state index is 10.4. The number of carbonyl (C=O) groups excluding carboxylic acids is 1. The van der Waals surface area contributed by atoms with E-state index in [0.29, 0.717) is 0 Å². The summed E-state index contributed by atoms with van der Waals surface area (Å²) in [5, 5.41) is 1.50. The number of aldehydes is 1. The second-order valence-electron chi connectivity index (χ2n) is 1.62. The molecule has 0 saturated heterocycles. The van der Waals surface area contributed by atoms with Gasteiger partial charge < -0.3 is 0 Å². The third kappa shape index (κ3) is 53.0. The highest BCUT2D eigenvalue weighted by molar-refractivity contribution is 5.56. The molecule has 0 radical (unpaired) electrons. The molecule has 2 N–H and O–H groups in total. The maximum atomic E-state index is 10.4. The van der Waals surface area contributed by atoms with Crippen molar-refractivity contribution < 1.29 is 18.0 Å². The van der Waals surface area contributed by atoms with Crippen LogP contribution in [0.3, 0.4) is 0 Å². The average Bonchev–Trinajstić information content (AvgIpc) is 1.63. The Morgan fingerprint density at radius 3 is 1.50 bits per heavy atom. The Hall–Kier alpha value is -0.620. The first-order chi connectivity index (χ1) is 4.29. The van der Waals surface area contributed by atoms with E-state index in [1.165, 1.54) is 5.01 Å². The van der Waals surface area contributed by atoms with Crippen molar-refractivity contribution >= 4 is 6.29 Å². The van der Waals surface area contributed by atoms with Gasteiger partial charge in [-0.25, -0.2) is 0 Å². The molecule has 0 aliphatic rings. The van der Waals surface area contributed by atoms with Gasteiger partial charge >= 0.3 is 6.18 Å². The summed E-state index contributed by atoms with van der Waals surface area (Å²) < 4.78 is 31.2. The van der Waals surface area contributed by atoms with Crippen LogP contribution in [0.4, 0.5) is 13.2 Å². The van der Waals surface area contributed by atoms with E-state index in [0.717, 1.165) is 0 Å². The van der Waals surface area contributed by atoms with Crippen molar-refractivity contribution in [3.05, 3.63) is 0 Å². The van der Waals surface area contributed by atoms with Gasteiger partial charge in [-0.2, -0.15) is 13.2 Å². The Labute approximate surface area is 56.6 Å². The van der Waals surface area contributed by atoms with Crippen molar-refractivity contribution in [3.63, 3.8) is 0 Å². The Bertz CT molecular complexity index is 88.2. The number of carbonyl (C=O) groups is 1. The molecule has 0 rings (SSSR count). The second kappa shape index (κ2) is 5.19. The quantitative estimate of drug-likeness (QED) is 0.310. The minimum absolute atomic E-state index is 1.06. The molecule has 0 aliphatic heterocycles. The number of hydrogen-bond acceptors (Lipinski definition) is 3. The summed E-state index contributed by atoms with van der Waals surface area (Å²) in [5.74, 6) is 4.94. The normalized spacial score (nSPS) is 10.3. The zero-order valence-electron chi connectivity index (χ0n) is 5.64. The fraction of sp³-hybridized carbons (Fsp3) is 0.750. The summed E-state index contributed by atoms with van der Waals surface area (Å²) in [6.07, 6.45) is -5.70. The number of halogens is 3. The largest absolute Gasteiger partial charge is 0.446 e. The Kier molecular flexibility index (Phi) is 6.27. The first-order valence-electron chi connectivity index (χ1n) is 2.24. The molecule has 10 heavy (non-hydrogen) atoms. The molecule has 0 aromatic heterocycles. The number of hydrazine groups is 1. The molecule has 0 spiro atoms. The predicted molar refractivity (Wildman–Crippen MR) is 30.0 cm³/mol. The van der Waals surface area contributed by atoms with Crippen LogP contribution in [0.2, 0.25) is 0 Å². The number of rotatable bonds is 0. The van der Waals surface area contributed by atoms with E-state index >= 15 is 0 Å². The molecule has 0 aromatic rings. The van der Waals surface area contributed by atoms with Crippen molar-refractivity contribution in [2.24, 2.45) is 5.84 Å². The van der Waals surface area contributed by atoms with E-state index in [2.05, 4.69) is 0 Å². The lowest BCUT2D eigenvalue weighted by Gasteiger charge is -1.91. The highest BCUT2D eigenvalue weighted by atomic mass is 19.4. The monoisotopic (exact) mass is 158 g/mol. The van der Waals surface area contributed by atoms with E-state index in [-0.39, 0.29) is 0 Å². The molecule has 0 saturated carbocycles. The average molecular weight is 158 g/mol. The predicted octanol–water partition coefficient (Wildman–Crippen LogP) is 0.169. The summed E-state index contributed by atoms with van der Waals surface area (Å²) in [6, 6.07) is 0. The van der Waals surface area contributed by atoms with Gasteiger partial charge in [0, 0.05) is 14.1 Å². The minimum Gasteiger partial charge on any atom is -0.293 e.